The van der Waals surface area contributed by atoms with Crippen molar-refractivity contribution in [2.24, 2.45) is 0 Å². The number of carbonyl (C=O) groups excluding carboxylic acids is 1. The second kappa shape index (κ2) is 9.01. The number of allylic oxidation sites excluding steroid dienone is 2. The average molecular weight is 432 g/mol. The van der Waals surface area contributed by atoms with Crippen molar-refractivity contribution in [2.45, 2.75) is 39.3 Å². The number of aliphatic hydroxyl groups is 1. The molecule has 1 aromatic heterocycles. The SMILES string of the molecule is CCOC(=O)c1cn([C@@H](CC)CO)c2c(F)c(C3=CC(C)N(C)C=C3)c(F)cc2c1=O. The van der Waals surface area contributed by atoms with E-state index in [4.69, 9.17) is 4.74 Å². The molecule has 6 nitrogen and oxygen atoms in total. The highest BCUT2D eigenvalue weighted by Gasteiger charge is 2.26. The highest BCUT2D eigenvalue weighted by Crippen LogP contribution is 2.32. The van der Waals surface area contributed by atoms with E-state index in [2.05, 4.69) is 0 Å². The van der Waals surface area contributed by atoms with Crippen LogP contribution in [0.1, 0.15) is 49.2 Å². The van der Waals surface area contributed by atoms with Crippen LogP contribution in [0.2, 0.25) is 0 Å². The number of rotatable bonds is 6. The third kappa shape index (κ3) is 3.99. The fraction of sp³-hybridized carbons (Fsp3) is 0.391. The quantitative estimate of drug-likeness (QED) is 0.706. The van der Waals surface area contributed by atoms with Gasteiger partial charge in [0.25, 0.3) is 0 Å². The predicted molar refractivity (Wildman–Crippen MR) is 115 cm³/mol. The van der Waals surface area contributed by atoms with E-state index in [1.165, 1.54) is 10.8 Å². The van der Waals surface area contributed by atoms with Gasteiger partial charge in [0.15, 0.2) is 5.82 Å². The Labute approximate surface area is 179 Å². The minimum absolute atomic E-state index is 0.0439. The molecule has 0 aliphatic carbocycles. The normalized spacial score (nSPS) is 17.1. The number of benzene rings is 1. The van der Waals surface area contributed by atoms with Gasteiger partial charge < -0.3 is 19.3 Å². The van der Waals surface area contributed by atoms with Crippen molar-refractivity contribution in [2.75, 3.05) is 20.3 Å². The Hall–Kier alpha value is -3.00. The molecule has 0 radical (unpaired) electrons. The van der Waals surface area contributed by atoms with E-state index in [0.717, 1.165) is 6.07 Å². The van der Waals surface area contributed by atoms with Crippen molar-refractivity contribution in [1.29, 1.82) is 0 Å². The summed E-state index contributed by atoms with van der Waals surface area (Å²) in [5, 5.41) is 9.55. The molecule has 0 amide bonds. The van der Waals surface area contributed by atoms with E-state index < -0.39 is 29.1 Å². The van der Waals surface area contributed by atoms with Gasteiger partial charge in [0.1, 0.15) is 11.4 Å². The number of fused-ring (bicyclic) bond motifs is 1. The van der Waals surface area contributed by atoms with Crippen LogP contribution in [0.25, 0.3) is 16.5 Å². The predicted octanol–water partition coefficient (Wildman–Crippen LogP) is 3.63. The monoisotopic (exact) mass is 432 g/mol. The first kappa shape index (κ1) is 22.7. The molecule has 0 saturated heterocycles. The number of ether oxygens (including phenoxy) is 1. The van der Waals surface area contributed by atoms with Gasteiger partial charge in [-0.05, 0) is 44.2 Å². The molecule has 31 heavy (non-hydrogen) atoms. The number of aliphatic hydroxyl groups excluding tert-OH is 1. The maximum absolute atomic E-state index is 15.8. The largest absolute Gasteiger partial charge is 0.462 e. The van der Waals surface area contributed by atoms with Crippen LogP contribution in [-0.2, 0) is 4.74 Å². The minimum Gasteiger partial charge on any atom is -0.462 e. The van der Waals surface area contributed by atoms with Crippen LogP contribution in [0.4, 0.5) is 8.78 Å². The zero-order valence-corrected chi connectivity index (χ0v) is 18.0. The molecule has 8 heteroatoms. The van der Waals surface area contributed by atoms with E-state index >= 15 is 8.78 Å². The summed E-state index contributed by atoms with van der Waals surface area (Å²) in [7, 11) is 1.85. The lowest BCUT2D eigenvalue weighted by Crippen LogP contribution is -2.26. The molecular formula is C23H26F2N2O4. The van der Waals surface area contributed by atoms with Crippen molar-refractivity contribution < 1.29 is 23.4 Å². The average Bonchev–Trinajstić information content (AvgIpc) is 2.73. The van der Waals surface area contributed by atoms with Crippen molar-refractivity contribution in [3.63, 3.8) is 0 Å². The first-order chi connectivity index (χ1) is 14.7. The zero-order valence-electron chi connectivity index (χ0n) is 18.0. The van der Waals surface area contributed by atoms with Crippen molar-refractivity contribution >= 4 is 22.4 Å². The van der Waals surface area contributed by atoms with Gasteiger partial charge in [-0.1, -0.05) is 13.0 Å². The van der Waals surface area contributed by atoms with Crippen LogP contribution in [0, 0.1) is 11.6 Å². The van der Waals surface area contributed by atoms with E-state index in [1.807, 2.05) is 18.9 Å². The van der Waals surface area contributed by atoms with Gasteiger partial charge in [-0.3, -0.25) is 4.79 Å². The van der Waals surface area contributed by atoms with Crippen molar-refractivity contribution in [3.05, 3.63) is 63.6 Å². The Bertz CT molecular complexity index is 1130. The van der Waals surface area contributed by atoms with E-state index in [0.29, 0.717) is 12.0 Å². The molecule has 1 aromatic carbocycles. The van der Waals surface area contributed by atoms with Gasteiger partial charge in [-0.15, -0.1) is 0 Å². The van der Waals surface area contributed by atoms with Gasteiger partial charge >= 0.3 is 5.97 Å². The number of esters is 1. The second-order valence-corrected chi connectivity index (χ2v) is 7.53. The van der Waals surface area contributed by atoms with Crippen molar-refractivity contribution in [3.8, 4) is 0 Å². The van der Waals surface area contributed by atoms with Crippen molar-refractivity contribution in [1.82, 2.24) is 9.47 Å². The number of pyridine rings is 1. The zero-order chi connectivity index (χ0) is 22.9. The molecule has 2 aromatic rings. The summed E-state index contributed by atoms with van der Waals surface area (Å²) in [6, 6.07) is 0.255. The molecule has 0 spiro atoms. The fourth-order valence-electron chi connectivity index (χ4n) is 3.70. The van der Waals surface area contributed by atoms with Gasteiger partial charge in [0.2, 0.25) is 5.43 Å². The summed E-state index contributed by atoms with van der Waals surface area (Å²) >= 11 is 0. The third-order valence-corrected chi connectivity index (χ3v) is 5.62. The standard InChI is InChI=1S/C23H26F2N2O4/c1-5-15(12-28)27-11-17(23(30)31-6-2)22(29)16-10-18(24)19(20(25)21(16)27)14-7-8-26(4)13(3)9-14/h7-11,13,15,28H,5-6,12H2,1-4H3/t13?,15-/m0/s1. The van der Waals surface area contributed by atoms with Gasteiger partial charge in [-0.25, -0.2) is 13.6 Å². The minimum atomic E-state index is -0.915. The number of halogens is 2. The molecule has 3 rings (SSSR count). The van der Waals surface area contributed by atoms with Crippen LogP contribution >= 0.6 is 0 Å². The molecule has 1 aliphatic rings. The topological polar surface area (TPSA) is 71.8 Å². The highest BCUT2D eigenvalue weighted by atomic mass is 19.1. The summed E-state index contributed by atoms with van der Waals surface area (Å²) in [6.07, 6.45) is 6.65. The molecule has 1 unspecified atom stereocenters. The summed E-state index contributed by atoms with van der Waals surface area (Å²) in [5.41, 5.74) is -1.21. The van der Waals surface area contributed by atoms with E-state index in [9.17, 15) is 14.7 Å². The third-order valence-electron chi connectivity index (χ3n) is 5.62. The van der Waals surface area contributed by atoms with Crippen LogP contribution in [0.3, 0.4) is 0 Å². The van der Waals surface area contributed by atoms with Crippen LogP contribution in [0.5, 0.6) is 0 Å². The molecule has 0 fully saturated rings. The molecule has 0 saturated carbocycles. The van der Waals surface area contributed by atoms with Gasteiger partial charge in [0, 0.05) is 19.3 Å². The molecule has 2 atom stereocenters. The summed E-state index contributed by atoms with van der Waals surface area (Å²) in [5.74, 6) is -2.70. The Morgan fingerprint density at radius 2 is 2.03 bits per heavy atom. The first-order valence-corrected chi connectivity index (χ1v) is 10.2. The molecule has 2 heterocycles. The number of nitrogens with zero attached hydrogens (tertiary/aromatic N) is 2. The van der Waals surface area contributed by atoms with Crippen LogP contribution in [0.15, 0.2) is 35.4 Å². The smallest absolute Gasteiger partial charge is 0.343 e. The van der Waals surface area contributed by atoms with E-state index in [-0.39, 0.29) is 41.3 Å². The van der Waals surface area contributed by atoms with Crippen LogP contribution in [-0.4, -0.2) is 46.8 Å². The lowest BCUT2D eigenvalue weighted by Gasteiger charge is -2.26. The lowest BCUT2D eigenvalue weighted by molar-refractivity contribution is 0.0523. The lowest BCUT2D eigenvalue weighted by atomic mass is 9.97. The summed E-state index contributed by atoms with van der Waals surface area (Å²) in [6.45, 7) is 4.95. The highest BCUT2D eigenvalue weighted by molar-refractivity contribution is 5.95. The number of likely N-dealkylation sites (N-methyl/N-ethyl adjacent to an activating group) is 1. The van der Waals surface area contributed by atoms with Gasteiger partial charge in [0.05, 0.1) is 35.7 Å². The number of carbonyl (C=O) groups is 1. The summed E-state index contributed by atoms with van der Waals surface area (Å²) in [4.78, 5) is 27.1. The Morgan fingerprint density at radius 3 is 2.61 bits per heavy atom. The Kier molecular flexibility index (Phi) is 6.59. The Morgan fingerprint density at radius 1 is 1.32 bits per heavy atom. The maximum atomic E-state index is 15.8. The molecular weight excluding hydrogens is 406 g/mol. The van der Waals surface area contributed by atoms with Gasteiger partial charge in [-0.2, -0.15) is 0 Å². The fourth-order valence-corrected chi connectivity index (χ4v) is 3.70. The first-order valence-electron chi connectivity index (χ1n) is 10.2. The molecule has 0 bridgehead atoms. The number of hydrogen-bond donors (Lipinski definition) is 1. The maximum Gasteiger partial charge on any atom is 0.343 e. The van der Waals surface area contributed by atoms with Crippen LogP contribution < -0.4 is 5.43 Å². The number of hydrogen-bond acceptors (Lipinski definition) is 5. The van der Waals surface area contributed by atoms with E-state index in [1.54, 1.807) is 32.2 Å². The Balaban J connectivity index is 2.39. The molecule has 166 valence electrons. The molecule has 1 N–H and O–H groups in total. The number of aromatic nitrogens is 1. The molecule has 1 aliphatic heterocycles. The second-order valence-electron chi connectivity index (χ2n) is 7.53. The summed E-state index contributed by atoms with van der Waals surface area (Å²) < 4.78 is 37.2.